The highest BCUT2D eigenvalue weighted by atomic mass is 32.2. The molecule has 6 nitrogen and oxygen atoms in total. The van der Waals surface area contributed by atoms with Crippen molar-refractivity contribution in [1.29, 1.82) is 0 Å². The zero-order valence-electron chi connectivity index (χ0n) is 16.9. The van der Waals surface area contributed by atoms with Crippen LogP contribution < -0.4 is 4.72 Å². The van der Waals surface area contributed by atoms with Crippen molar-refractivity contribution < 1.29 is 16.8 Å². The molecule has 0 bridgehead atoms. The molecule has 0 radical (unpaired) electrons. The molecule has 1 heterocycles. The van der Waals surface area contributed by atoms with Crippen molar-refractivity contribution in [2.45, 2.75) is 28.7 Å². The molecule has 1 aliphatic rings. The Hall–Kier alpha value is -2.52. The van der Waals surface area contributed by atoms with Gasteiger partial charge in [-0.25, -0.2) is 16.8 Å². The van der Waals surface area contributed by atoms with Gasteiger partial charge in [0.15, 0.2) is 0 Å². The van der Waals surface area contributed by atoms with Crippen LogP contribution in [0.3, 0.4) is 0 Å². The minimum atomic E-state index is -4.00. The van der Waals surface area contributed by atoms with E-state index in [2.05, 4.69) is 4.72 Å². The Morgan fingerprint density at radius 3 is 1.74 bits per heavy atom. The second-order valence-corrected chi connectivity index (χ2v) is 11.1. The molecular weight excluding hydrogens is 432 g/mol. The average Bonchev–Trinajstić information content (AvgIpc) is 3.35. The first kappa shape index (κ1) is 21.7. The molecule has 162 valence electrons. The fourth-order valence-corrected chi connectivity index (χ4v) is 6.62. The molecule has 3 aromatic rings. The third-order valence-corrected chi connectivity index (χ3v) is 8.67. The van der Waals surface area contributed by atoms with Crippen LogP contribution in [0.2, 0.25) is 0 Å². The molecule has 1 fully saturated rings. The average molecular weight is 457 g/mol. The molecule has 0 saturated carbocycles. The van der Waals surface area contributed by atoms with Crippen LogP contribution in [0.4, 0.5) is 0 Å². The molecule has 1 saturated heterocycles. The summed E-state index contributed by atoms with van der Waals surface area (Å²) in [7, 11) is -7.71. The van der Waals surface area contributed by atoms with Crippen LogP contribution in [0, 0.1) is 0 Å². The largest absolute Gasteiger partial charge is 0.243 e. The fraction of sp³-hybridized carbons (Fsp3) is 0.217. The quantitative estimate of drug-likeness (QED) is 0.589. The lowest BCUT2D eigenvalue weighted by atomic mass is 10.00. The van der Waals surface area contributed by atoms with Crippen LogP contribution in [0.1, 0.15) is 30.0 Å². The summed E-state index contributed by atoms with van der Waals surface area (Å²) in [6, 6.07) is 23.5. The van der Waals surface area contributed by atoms with Crippen molar-refractivity contribution in [3.8, 4) is 0 Å². The zero-order chi connectivity index (χ0) is 21.9. The van der Waals surface area contributed by atoms with Gasteiger partial charge in [0.25, 0.3) is 0 Å². The molecular formula is C23H24N2O4S2. The van der Waals surface area contributed by atoms with Crippen molar-refractivity contribution in [3.05, 3.63) is 96.1 Å². The SMILES string of the molecule is O=S(=O)(NC(c1ccccc1)c1ccccc1)c1cccc(S(=O)(=O)N2CCCC2)c1. The van der Waals surface area contributed by atoms with E-state index in [1.807, 2.05) is 60.7 Å². The van der Waals surface area contributed by atoms with E-state index in [9.17, 15) is 16.8 Å². The van der Waals surface area contributed by atoms with E-state index in [1.165, 1.54) is 28.6 Å². The van der Waals surface area contributed by atoms with E-state index in [1.54, 1.807) is 0 Å². The molecule has 8 heteroatoms. The lowest BCUT2D eigenvalue weighted by Gasteiger charge is -2.20. The normalized spacial score (nSPS) is 15.4. The van der Waals surface area contributed by atoms with Gasteiger partial charge in [0.2, 0.25) is 20.0 Å². The van der Waals surface area contributed by atoms with Gasteiger partial charge in [-0.2, -0.15) is 9.03 Å². The van der Waals surface area contributed by atoms with Crippen LogP contribution in [0.25, 0.3) is 0 Å². The summed E-state index contributed by atoms with van der Waals surface area (Å²) in [5.41, 5.74) is 1.58. The van der Waals surface area contributed by atoms with Gasteiger partial charge in [0, 0.05) is 13.1 Å². The van der Waals surface area contributed by atoms with Crippen molar-refractivity contribution in [3.63, 3.8) is 0 Å². The summed E-state index contributed by atoms with van der Waals surface area (Å²) in [5, 5.41) is 0. The molecule has 0 unspecified atom stereocenters. The molecule has 4 rings (SSSR count). The first-order chi connectivity index (χ1) is 14.9. The van der Waals surface area contributed by atoms with Gasteiger partial charge in [-0.15, -0.1) is 0 Å². The van der Waals surface area contributed by atoms with Crippen LogP contribution >= 0.6 is 0 Å². The monoisotopic (exact) mass is 456 g/mol. The minimum Gasteiger partial charge on any atom is -0.207 e. The van der Waals surface area contributed by atoms with Gasteiger partial charge in [-0.3, -0.25) is 0 Å². The predicted octanol–water partition coefficient (Wildman–Crippen LogP) is 3.54. The van der Waals surface area contributed by atoms with Gasteiger partial charge in [0.1, 0.15) is 0 Å². The van der Waals surface area contributed by atoms with E-state index in [4.69, 9.17) is 0 Å². The topological polar surface area (TPSA) is 83.5 Å². The Morgan fingerprint density at radius 2 is 1.19 bits per heavy atom. The van der Waals surface area contributed by atoms with E-state index in [0.29, 0.717) is 13.1 Å². The maximum absolute atomic E-state index is 13.3. The molecule has 3 aromatic carbocycles. The van der Waals surface area contributed by atoms with Crippen LogP contribution in [-0.2, 0) is 20.0 Å². The molecule has 0 atom stereocenters. The number of hydrogen-bond donors (Lipinski definition) is 1. The number of benzene rings is 3. The Labute approximate surface area is 183 Å². The van der Waals surface area contributed by atoms with Gasteiger partial charge in [-0.1, -0.05) is 66.7 Å². The summed E-state index contributed by atoms with van der Waals surface area (Å²) >= 11 is 0. The fourth-order valence-electron chi connectivity index (χ4n) is 3.72. The minimum absolute atomic E-state index is 0.00625. The number of nitrogens with one attached hydrogen (secondary N) is 1. The smallest absolute Gasteiger partial charge is 0.207 e. The Bertz CT molecular complexity index is 1200. The molecule has 1 N–H and O–H groups in total. The van der Waals surface area contributed by atoms with E-state index >= 15 is 0 Å². The van der Waals surface area contributed by atoms with Crippen molar-refractivity contribution in [2.75, 3.05) is 13.1 Å². The number of rotatable bonds is 7. The van der Waals surface area contributed by atoms with Crippen molar-refractivity contribution in [2.24, 2.45) is 0 Å². The highest BCUT2D eigenvalue weighted by Crippen LogP contribution is 2.27. The molecule has 1 aliphatic heterocycles. The summed E-state index contributed by atoms with van der Waals surface area (Å²) in [4.78, 5) is -0.0853. The summed E-state index contributed by atoms with van der Waals surface area (Å²) in [6.07, 6.45) is 1.63. The highest BCUT2D eigenvalue weighted by Gasteiger charge is 2.29. The zero-order valence-corrected chi connectivity index (χ0v) is 18.5. The van der Waals surface area contributed by atoms with Crippen LogP contribution in [0.15, 0.2) is 94.7 Å². The molecule has 0 aromatic heterocycles. The maximum Gasteiger partial charge on any atom is 0.243 e. The van der Waals surface area contributed by atoms with Crippen LogP contribution in [0.5, 0.6) is 0 Å². The van der Waals surface area contributed by atoms with Gasteiger partial charge < -0.3 is 0 Å². The lowest BCUT2D eigenvalue weighted by Crippen LogP contribution is -2.30. The number of sulfonamides is 2. The van der Waals surface area contributed by atoms with E-state index < -0.39 is 26.1 Å². The van der Waals surface area contributed by atoms with E-state index in [0.717, 1.165) is 24.0 Å². The predicted molar refractivity (Wildman–Crippen MR) is 119 cm³/mol. The van der Waals surface area contributed by atoms with Crippen LogP contribution in [-0.4, -0.2) is 34.2 Å². The number of nitrogens with zero attached hydrogens (tertiary/aromatic N) is 1. The number of hydrogen-bond acceptors (Lipinski definition) is 4. The first-order valence-electron chi connectivity index (χ1n) is 10.1. The molecule has 0 amide bonds. The van der Waals surface area contributed by atoms with Gasteiger partial charge in [0.05, 0.1) is 15.8 Å². The lowest BCUT2D eigenvalue weighted by molar-refractivity contribution is 0.477. The van der Waals surface area contributed by atoms with Gasteiger partial charge >= 0.3 is 0 Å². The maximum atomic E-state index is 13.3. The summed E-state index contributed by atoms with van der Waals surface area (Å²) < 4.78 is 56.5. The third-order valence-electron chi connectivity index (χ3n) is 5.36. The molecule has 31 heavy (non-hydrogen) atoms. The molecule has 0 aliphatic carbocycles. The second kappa shape index (κ2) is 8.92. The van der Waals surface area contributed by atoms with E-state index in [-0.39, 0.29) is 9.79 Å². The summed E-state index contributed by atoms with van der Waals surface area (Å²) in [5.74, 6) is 0. The van der Waals surface area contributed by atoms with Gasteiger partial charge in [-0.05, 0) is 42.2 Å². The second-order valence-electron chi connectivity index (χ2n) is 7.46. The highest BCUT2D eigenvalue weighted by molar-refractivity contribution is 7.90. The Balaban J connectivity index is 1.69. The first-order valence-corrected chi connectivity index (χ1v) is 13.0. The third kappa shape index (κ3) is 4.72. The molecule has 0 spiro atoms. The van der Waals surface area contributed by atoms with Crippen molar-refractivity contribution in [1.82, 2.24) is 9.03 Å². The Kier molecular flexibility index (Phi) is 6.24. The van der Waals surface area contributed by atoms with Crippen molar-refractivity contribution >= 4 is 20.0 Å². The Morgan fingerprint density at radius 1 is 0.677 bits per heavy atom. The standard InChI is InChI=1S/C23H24N2O4S2/c26-30(27,21-14-9-15-22(18-21)31(28,29)25-16-7-8-17-25)24-23(19-10-3-1-4-11-19)20-12-5-2-6-13-20/h1-6,9-15,18,23-24H,7-8,16-17H2. The summed E-state index contributed by atoms with van der Waals surface area (Å²) in [6.45, 7) is 0.920.